The van der Waals surface area contributed by atoms with Crippen molar-refractivity contribution in [2.45, 2.75) is 16.2 Å². The molecule has 2 aromatic rings. The minimum atomic E-state index is -0.204. The Labute approximate surface area is 105 Å². The maximum atomic E-state index is 12.8. The summed E-state index contributed by atoms with van der Waals surface area (Å²) in [5, 5.41) is 0. The van der Waals surface area contributed by atoms with Gasteiger partial charge in [-0.3, -0.25) is 0 Å². The maximum Gasteiger partial charge on any atom is 0.123 e. The number of hydrogen-bond acceptors (Lipinski definition) is 2. The molecule has 0 aromatic heterocycles. The summed E-state index contributed by atoms with van der Waals surface area (Å²) in [7, 11) is 0. The van der Waals surface area contributed by atoms with E-state index < -0.39 is 0 Å². The minimum Gasteiger partial charge on any atom is -0.330 e. The maximum absolute atomic E-state index is 12.8. The van der Waals surface area contributed by atoms with E-state index in [4.69, 9.17) is 5.73 Å². The lowest BCUT2D eigenvalue weighted by atomic mass is 10.1. The number of nitrogens with two attached hydrogens (primary N) is 1. The van der Waals surface area contributed by atoms with Gasteiger partial charge >= 0.3 is 0 Å². The molecule has 0 aliphatic heterocycles. The van der Waals surface area contributed by atoms with Crippen molar-refractivity contribution in [2.24, 2.45) is 5.73 Å². The largest absolute Gasteiger partial charge is 0.330 e. The third-order valence-corrected chi connectivity index (χ3v) is 3.55. The third kappa shape index (κ3) is 3.32. The first kappa shape index (κ1) is 12.1. The summed E-state index contributed by atoms with van der Waals surface area (Å²) in [4.78, 5) is 2.22. The highest BCUT2D eigenvalue weighted by Gasteiger charge is 2.03. The fourth-order valence-corrected chi connectivity index (χ4v) is 2.57. The van der Waals surface area contributed by atoms with Crippen LogP contribution in [0.15, 0.2) is 58.3 Å². The topological polar surface area (TPSA) is 26.0 Å². The quantitative estimate of drug-likeness (QED) is 0.895. The van der Waals surface area contributed by atoms with Crippen molar-refractivity contribution in [3.63, 3.8) is 0 Å². The Morgan fingerprint density at radius 2 is 1.71 bits per heavy atom. The van der Waals surface area contributed by atoms with Crippen molar-refractivity contribution in [2.75, 3.05) is 6.54 Å². The molecule has 0 saturated carbocycles. The van der Waals surface area contributed by atoms with Gasteiger partial charge in [-0.05, 0) is 48.9 Å². The first-order valence-electron chi connectivity index (χ1n) is 5.51. The van der Waals surface area contributed by atoms with E-state index in [9.17, 15) is 4.39 Å². The average molecular weight is 247 g/mol. The van der Waals surface area contributed by atoms with Crippen LogP contribution < -0.4 is 5.73 Å². The third-order valence-electron chi connectivity index (χ3n) is 2.43. The second-order valence-electron chi connectivity index (χ2n) is 3.70. The van der Waals surface area contributed by atoms with E-state index in [-0.39, 0.29) is 5.82 Å². The molecule has 0 unspecified atom stereocenters. The van der Waals surface area contributed by atoms with Crippen LogP contribution in [0.25, 0.3) is 0 Å². The second kappa shape index (κ2) is 5.84. The zero-order valence-corrected chi connectivity index (χ0v) is 10.2. The lowest BCUT2D eigenvalue weighted by molar-refractivity contribution is 0.626. The Balaban J connectivity index is 2.20. The van der Waals surface area contributed by atoms with Gasteiger partial charge < -0.3 is 5.73 Å². The fourth-order valence-electron chi connectivity index (χ4n) is 1.60. The van der Waals surface area contributed by atoms with Crippen LogP contribution in [-0.2, 0) is 6.42 Å². The van der Waals surface area contributed by atoms with Crippen LogP contribution in [0.5, 0.6) is 0 Å². The van der Waals surface area contributed by atoms with Gasteiger partial charge in [-0.1, -0.05) is 30.0 Å². The van der Waals surface area contributed by atoms with E-state index in [2.05, 4.69) is 12.1 Å². The number of rotatable bonds is 4. The van der Waals surface area contributed by atoms with Gasteiger partial charge in [0.2, 0.25) is 0 Å². The van der Waals surface area contributed by atoms with Gasteiger partial charge in [0.15, 0.2) is 0 Å². The molecule has 3 heteroatoms. The first-order valence-corrected chi connectivity index (χ1v) is 6.32. The van der Waals surface area contributed by atoms with Gasteiger partial charge in [0.25, 0.3) is 0 Å². The lowest BCUT2D eigenvalue weighted by Crippen LogP contribution is -2.03. The Bertz CT molecular complexity index is 482. The Hall–Kier alpha value is -1.32. The monoisotopic (exact) mass is 247 g/mol. The van der Waals surface area contributed by atoms with Crippen LogP contribution in [0, 0.1) is 5.82 Å². The van der Waals surface area contributed by atoms with Crippen LogP contribution >= 0.6 is 11.8 Å². The van der Waals surface area contributed by atoms with Gasteiger partial charge in [0, 0.05) is 9.79 Å². The summed E-state index contributed by atoms with van der Waals surface area (Å²) in [6, 6.07) is 14.7. The van der Waals surface area contributed by atoms with E-state index in [0.29, 0.717) is 6.54 Å². The second-order valence-corrected chi connectivity index (χ2v) is 4.82. The number of halogens is 1. The molecule has 0 amide bonds. The highest BCUT2D eigenvalue weighted by Crippen LogP contribution is 2.30. The Morgan fingerprint density at radius 1 is 1.00 bits per heavy atom. The number of benzene rings is 2. The summed E-state index contributed by atoms with van der Waals surface area (Å²) in [6.07, 6.45) is 0.865. The van der Waals surface area contributed by atoms with Gasteiger partial charge in [-0.25, -0.2) is 4.39 Å². The van der Waals surface area contributed by atoms with Gasteiger partial charge in [0.05, 0.1) is 0 Å². The molecule has 0 heterocycles. The minimum absolute atomic E-state index is 0.204. The van der Waals surface area contributed by atoms with Crippen LogP contribution in [-0.4, -0.2) is 6.54 Å². The lowest BCUT2D eigenvalue weighted by Gasteiger charge is -2.07. The van der Waals surface area contributed by atoms with Gasteiger partial charge in [-0.15, -0.1) is 0 Å². The molecular weight excluding hydrogens is 233 g/mol. The van der Waals surface area contributed by atoms with Crippen LogP contribution in [0.3, 0.4) is 0 Å². The summed E-state index contributed by atoms with van der Waals surface area (Å²) >= 11 is 1.64. The van der Waals surface area contributed by atoms with E-state index in [1.807, 2.05) is 12.1 Å². The van der Waals surface area contributed by atoms with E-state index >= 15 is 0 Å². The molecule has 0 saturated heterocycles. The average Bonchev–Trinajstić information content (AvgIpc) is 2.35. The SMILES string of the molecule is NCCc1ccccc1Sc1ccc(F)cc1. The van der Waals surface area contributed by atoms with Crippen LogP contribution in [0.2, 0.25) is 0 Å². The standard InChI is InChI=1S/C14H14FNS/c15-12-5-7-13(8-6-12)17-14-4-2-1-3-11(14)9-10-16/h1-8H,9-10,16H2. The molecule has 0 aliphatic rings. The molecule has 0 fully saturated rings. The number of hydrogen-bond donors (Lipinski definition) is 1. The summed E-state index contributed by atoms with van der Waals surface area (Å²) in [6.45, 7) is 0.640. The highest BCUT2D eigenvalue weighted by atomic mass is 32.2. The zero-order valence-electron chi connectivity index (χ0n) is 9.40. The molecule has 0 atom stereocenters. The van der Waals surface area contributed by atoms with Crippen LogP contribution in [0.1, 0.15) is 5.56 Å². The summed E-state index contributed by atoms with van der Waals surface area (Å²) in [5.74, 6) is -0.204. The van der Waals surface area contributed by atoms with E-state index in [0.717, 1.165) is 11.3 Å². The van der Waals surface area contributed by atoms with Gasteiger partial charge in [-0.2, -0.15) is 0 Å². The van der Waals surface area contributed by atoms with Gasteiger partial charge in [0.1, 0.15) is 5.82 Å². The molecule has 0 bridgehead atoms. The predicted molar refractivity (Wildman–Crippen MR) is 69.7 cm³/mol. The summed E-state index contributed by atoms with van der Waals surface area (Å²) < 4.78 is 12.8. The predicted octanol–water partition coefficient (Wildman–Crippen LogP) is 3.48. The molecule has 0 radical (unpaired) electrons. The van der Waals surface area contributed by atoms with Crippen molar-refractivity contribution >= 4 is 11.8 Å². The highest BCUT2D eigenvalue weighted by molar-refractivity contribution is 7.99. The molecule has 17 heavy (non-hydrogen) atoms. The summed E-state index contributed by atoms with van der Waals surface area (Å²) in [5.41, 5.74) is 6.82. The van der Waals surface area contributed by atoms with E-state index in [1.165, 1.54) is 22.6 Å². The normalized spacial score (nSPS) is 10.5. The molecular formula is C14H14FNS. The molecule has 0 spiro atoms. The van der Waals surface area contributed by atoms with Crippen molar-refractivity contribution in [1.82, 2.24) is 0 Å². The van der Waals surface area contributed by atoms with E-state index in [1.54, 1.807) is 23.9 Å². The molecule has 88 valence electrons. The van der Waals surface area contributed by atoms with Crippen molar-refractivity contribution < 1.29 is 4.39 Å². The molecule has 1 nitrogen and oxygen atoms in total. The van der Waals surface area contributed by atoms with Crippen molar-refractivity contribution in [3.8, 4) is 0 Å². The zero-order chi connectivity index (χ0) is 12.1. The molecule has 2 aromatic carbocycles. The smallest absolute Gasteiger partial charge is 0.123 e. The fraction of sp³-hybridized carbons (Fsp3) is 0.143. The molecule has 2 rings (SSSR count). The molecule has 2 N–H and O–H groups in total. The van der Waals surface area contributed by atoms with Crippen molar-refractivity contribution in [1.29, 1.82) is 0 Å². The molecule has 0 aliphatic carbocycles. The van der Waals surface area contributed by atoms with Crippen LogP contribution in [0.4, 0.5) is 4.39 Å². The Kier molecular flexibility index (Phi) is 4.18. The first-order chi connectivity index (χ1) is 8.29. The Morgan fingerprint density at radius 3 is 2.41 bits per heavy atom. The van der Waals surface area contributed by atoms with Crippen molar-refractivity contribution in [3.05, 3.63) is 59.9 Å².